The summed E-state index contributed by atoms with van der Waals surface area (Å²) in [6.07, 6.45) is 1.70. The van der Waals surface area contributed by atoms with Crippen molar-refractivity contribution >= 4 is 5.97 Å². The van der Waals surface area contributed by atoms with Crippen molar-refractivity contribution in [3.05, 3.63) is 77.4 Å². The zero-order valence-corrected chi connectivity index (χ0v) is 16.0. The van der Waals surface area contributed by atoms with Crippen molar-refractivity contribution in [3.8, 4) is 17.6 Å². The Labute approximate surface area is 161 Å². The first-order chi connectivity index (χ1) is 13.0. The maximum Gasteiger partial charge on any atom is 0.325 e. The number of rotatable bonds is 7. The van der Waals surface area contributed by atoms with Crippen LogP contribution in [0.2, 0.25) is 0 Å². The number of aryl methyl sites for hydroxylation is 2. The number of hydrogen-bond donors (Lipinski definition) is 1. The molecule has 0 heterocycles. The van der Waals surface area contributed by atoms with Crippen molar-refractivity contribution in [1.82, 2.24) is 4.90 Å². The molecule has 0 saturated heterocycles. The van der Waals surface area contributed by atoms with Gasteiger partial charge in [0.05, 0.1) is 13.7 Å². The molecule has 1 N–H and O–H groups in total. The van der Waals surface area contributed by atoms with Gasteiger partial charge in [-0.3, -0.25) is 9.69 Å². The van der Waals surface area contributed by atoms with E-state index in [0.717, 1.165) is 22.4 Å². The third-order valence-corrected chi connectivity index (χ3v) is 4.25. The first-order valence-corrected chi connectivity index (χ1v) is 8.74. The van der Waals surface area contributed by atoms with E-state index in [0.29, 0.717) is 18.7 Å². The molecule has 0 aromatic heterocycles. The highest BCUT2D eigenvalue weighted by atomic mass is 16.5. The molecule has 0 unspecified atom stereocenters. The monoisotopic (exact) mass is 363 g/mol. The number of carboxylic acid groups (broad SMARTS) is 1. The predicted octanol–water partition coefficient (Wildman–Crippen LogP) is 3.98. The Bertz CT molecular complexity index is 839. The Hall–Kier alpha value is -3.03. The van der Waals surface area contributed by atoms with E-state index in [4.69, 9.17) is 4.74 Å². The van der Waals surface area contributed by atoms with Gasteiger partial charge in [-0.25, -0.2) is 0 Å². The van der Waals surface area contributed by atoms with Crippen molar-refractivity contribution in [2.75, 3.05) is 20.2 Å². The number of benzene rings is 2. The van der Waals surface area contributed by atoms with E-state index >= 15 is 0 Å². The van der Waals surface area contributed by atoms with E-state index in [1.54, 1.807) is 18.1 Å². The van der Waals surface area contributed by atoms with E-state index in [9.17, 15) is 9.90 Å². The molecule has 140 valence electrons. The molecule has 0 fully saturated rings. The molecule has 0 amide bonds. The molecule has 0 aliphatic heterocycles. The smallest absolute Gasteiger partial charge is 0.325 e. The van der Waals surface area contributed by atoms with Gasteiger partial charge in [-0.2, -0.15) is 0 Å². The molecule has 0 radical (unpaired) electrons. The van der Waals surface area contributed by atoms with E-state index in [1.165, 1.54) is 0 Å². The molecular formula is C23H25NO3. The van der Waals surface area contributed by atoms with Crippen LogP contribution in [-0.4, -0.2) is 36.2 Å². The van der Waals surface area contributed by atoms with Crippen molar-refractivity contribution in [1.29, 1.82) is 0 Å². The summed E-state index contributed by atoms with van der Waals surface area (Å²) in [5, 5.41) is 9.89. The third kappa shape index (κ3) is 5.22. The fraction of sp³-hybridized carbons (Fsp3) is 0.261. The van der Waals surface area contributed by atoms with Crippen LogP contribution >= 0.6 is 0 Å². The van der Waals surface area contributed by atoms with Crippen molar-refractivity contribution in [2.45, 2.75) is 19.9 Å². The molecule has 0 aliphatic carbocycles. The largest absolute Gasteiger partial charge is 0.496 e. The number of carboxylic acids is 1. The average molecular weight is 363 g/mol. The maximum absolute atomic E-state index is 12.1. The summed E-state index contributed by atoms with van der Waals surface area (Å²) in [6, 6.07) is 12.6. The summed E-state index contributed by atoms with van der Waals surface area (Å²) >= 11 is 0. The lowest BCUT2D eigenvalue weighted by Gasteiger charge is -2.27. The number of aliphatic carboxylic acids is 1. The van der Waals surface area contributed by atoms with Gasteiger partial charge in [0, 0.05) is 12.1 Å². The summed E-state index contributed by atoms with van der Waals surface area (Å²) < 4.78 is 5.39. The number of ether oxygens (including phenoxy) is 1. The summed E-state index contributed by atoms with van der Waals surface area (Å²) in [4.78, 5) is 13.9. The predicted molar refractivity (Wildman–Crippen MR) is 108 cm³/mol. The highest BCUT2D eigenvalue weighted by Crippen LogP contribution is 2.30. The van der Waals surface area contributed by atoms with Gasteiger partial charge in [0.15, 0.2) is 0 Å². The van der Waals surface area contributed by atoms with Gasteiger partial charge in [0.2, 0.25) is 0 Å². The van der Waals surface area contributed by atoms with Gasteiger partial charge in [-0.15, -0.1) is 6.58 Å². The quantitative estimate of drug-likeness (QED) is 0.597. The Kier molecular flexibility index (Phi) is 7.22. The van der Waals surface area contributed by atoms with E-state index in [1.807, 2.05) is 56.3 Å². The molecule has 0 aliphatic rings. The fourth-order valence-corrected chi connectivity index (χ4v) is 3.16. The summed E-state index contributed by atoms with van der Waals surface area (Å²) in [6.45, 7) is 8.34. The highest BCUT2D eigenvalue weighted by molar-refractivity contribution is 5.76. The minimum atomic E-state index is -0.915. The lowest BCUT2D eigenvalue weighted by molar-refractivity contribution is -0.143. The number of hydrogen-bond acceptors (Lipinski definition) is 3. The van der Waals surface area contributed by atoms with Crippen LogP contribution in [0.25, 0.3) is 0 Å². The lowest BCUT2D eigenvalue weighted by atomic mass is 9.99. The molecule has 4 nitrogen and oxygen atoms in total. The molecule has 2 rings (SSSR count). The first kappa shape index (κ1) is 20.3. The van der Waals surface area contributed by atoms with E-state index in [2.05, 4.69) is 18.4 Å². The van der Waals surface area contributed by atoms with Crippen molar-refractivity contribution < 1.29 is 14.6 Å². The second-order valence-electron chi connectivity index (χ2n) is 6.31. The van der Waals surface area contributed by atoms with Gasteiger partial charge in [-0.05, 0) is 42.7 Å². The van der Waals surface area contributed by atoms with Crippen LogP contribution in [0.3, 0.4) is 0 Å². The standard InChI is InChI=1S/C23H25NO3/c1-5-13-24(14-9-12-19-10-7-6-8-11-19)21(23(25)26)20-15-17(2)22(27-4)18(3)16-20/h5-8,10-11,15-16,21H,1,13-14H2,2-4H3,(H,25,26)/t21-/m0/s1. The Morgan fingerprint density at radius 1 is 1.26 bits per heavy atom. The minimum Gasteiger partial charge on any atom is -0.496 e. The molecule has 1 atom stereocenters. The summed E-state index contributed by atoms with van der Waals surface area (Å²) in [5.41, 5.74) is 3.43. The minimum absolute atomic E-state index is 0.321. The normalized spacial score (nSPS) is 11.4. The second kappa shape index (κ2) is 9.61. The molecule has 4 heteroatoms. The van der Waals surface area contributed by atoms with Gasteiger partial charge in [0.1, 0.15) is 11.8 Å². The van der Waals surface area contributed by atoms with Crippen LogP contribution in [0, 0.1) is 25.7 Å². The Morgan fingerprint density at radius 3 is 2.41 bits per heavy atom. The van der Waals surface area contributed by atoms with Crippen molar-refractivity contribution in [2.24, 2.45) is 0 Å². The summed E-state index contributed by atoms with van der Waals surface area (Å²) in [5.74, 6) is 6.03. The highest BCUT2D eigenvalue weighted by Gasteiger charge is 2.27. The van der Waals surface area contributed by atoms with Gasteiger partial charge >= 0.3 is 5.97 Å². The van der Waals surface area contributed by atoms with Crippen LogP contribution in [-0.2, 0) is 4.79 Å². The zero-order chi connectivity index (χ0) is 19.8. The molecule has 2 aromatic rings. The molecule has 27 heavy (non-hydrogen) atoms. The molecule has 0 bridgehead atoms. The van der Waals surface area contributed by atoms with Crippen LogP contribution in [0.4, 0.5) is 0 Å². The van der Waals surface area contributed by atoms with Gasteiger partial charge < -0.3 is 9.84 Å². The number of methoxy groups -OCH3 is 1. The number of nitrogens with zero attached hydrogens (tertiary/aromatic N) is 1. The average Bonchev–Trinajstić information content (AvgIpc) is 2.62. The first-order valence-electron chi connectivity index (χ1n) is 8.74. The van der Waals surface area contributed by atoms with E-state index < -0.39 is 12.0 Å². The number of carbonyl (C=O) groups is 1. The topological polar surface area (TPSA) is 49.8 Å². The van der Waals surface area contributed by atoms with E-state index in [-0.39, 0.29) is 0 Å². The SMILES string of the molecule is C=CCN(CC#Cc1ccccc1)[C@H](C(=O)O)c1cc(C)c(OC)c(C)c1. The van der Waals surface area contributed by atoms with Crippen LogP contribution < -0.4 is 4.74 Å². The van der Waals surface area contributed by atoms with Crippen LogP contribution in [0.1, 0.15) is 28.3 Å². The molecule has 0 saturated carbocycles. The van der Waals surface area contributed by atoms with Crippen LogP contribution in [0.15, 0.2) is 55.1 Å². The molecular weight excluding hydrogens is 338 g/mol. The maximum atomic E-state index is 12.1. The van der Waals surface area contributed by atoms with Crippen molar-refractivity contribution in [3.63, 3.8) is 0 Å². The second-order valence-corrected chi connectivity index (χ2v) is 6.31. The Morgan fingerprint density at radius 2 is 1.89 bits per heavy atom. The zero-order valence-electron chi connectivity index (χ0n) is 16.0. The molecule has 0 spiro atoms. The fourth-order valence-electron chi connectivity index (χ4n) is 3.16. The van der Waals surface area contributed by atoms with Gasteiger partial charge in [0.25, 0.3) is 0 Å². The summed E-state index contributed by atoms with van der Waals surface area (Å²) in [7, 11) is 1.62. The van der Waals surface area contributed by atoms with Gasteiger partial charge in [-0.1, -0.05) is 48.2 Å². The molecule has 2 aromatic carbocycles. The lowest BCUT2D eigenvalue weighted by Crippen LogP contribution is -2.34. The van der Waals surface area contributed by atoms with Crippen LogP contribution in [0.5, 0.6) is 5.75 Å². The third-order valence-electron chi connectivity index (χ3n) is 4.25. The Balaban J connectivity index is 2.34.